The zero-order chi connectivity index (χ0) is 20.9. The molecule has 2 heterocycles. The molecule has 1 unspecified atom stereocenters. The third kappa shape index (κ3) is 4.85. The van der Waals surface area contributed by atoms with Gasteiger partial charge in [0, 0.05) is 29.0 Å². The molecule has 2 aliphatic heterocycles. The van der Waals surface area contributed by atoms with E-state index in [1.54, 1.807) is 7.11 Å². The predicted molar refractivity (Wildman–Crippen MR) is 121 cm³/mol. The molecule has 0 bridgehead atoms. The molecule has 4 rings (SSSR count). The van der Waals surface area contributed by atoms with E-state index in [4.69, 9.17) is 9.47 Å². The zero-order valence-corrected chi connectivity index (χ0v) is 18.5. The van der Waals surface area contributed by atoms with Crippen LogP contribution in [0.25, 0.3) is 5.57 Å². The molecule has 0 radical (unpaired) electrons. The Kier molecular flexibility index (Phi) is 7.03. The number of hydrogen-bond acceptors (Lipinski definition) is 4. The maximum absolute atomic E-state index is 12.8. The number of hydrogen-bond donors (Lipinski definition) is 0. The van der Waals surface area contributed by atoms with Crippen LogP contribution in [0.4, 0.5) is 0 Å². The molecule has 0 aromatic heterocycles. The van der Waals surface area contributed by atoms with Crippen LogP contribution in [0.3, 0.4) is 0 Å². The SMILES string of the molecule is C=C(c1ccc(S(=O)c2ccc(OC)cc2)cc1)C1CCN(C2CCOCC2)CC1. The number of rotatable bonds is 6. The molecule has 2 fully saturated rings. The zero-order valence-electron chi connectivity index (χ0n) is 17.7. The smallest absolute Gasteiger partial charge is 0.118 e. The molecule has 4 nitrogen and oxygen atoms in total. The highest BCUT2D eigenvalue weighted by atomic mass is 32.2. The van der Waals surface area contributed by atoms with Crippen LogP contribution in [-0.2, 0) is 15.5 Å². The molecule has 2 saturated heterocycles. The summed E-state index contributed by atoms with van der Waals surface area (Å²) in [6.45, 7) is 8.51. The first-order chi connectivity index (χ1) is 14.7. The highest BCUT2D eigenvalue weighted by Crippen LogP contribution is 2.33. The first-order valence-electron chi connectivity index (χ1n) is 10.8. The van der Waals surface area contributed by atoms with Gasteiger partial charge in [-0.15, -0.1) is 0 Å². The summed E-state index contributed by atoms with van der Waals surface area (Å²) in [5.74, 6) is 1.30. The van der Waals surface area contributed by atoms with Crippen molar-refractivity contribution in [2.75, 3.05) is 33.4 Å². The molecular weight excluding hydrogens is 394 g/mol. The summed E-state index contributed by atoms with van der Waals surface area (Å²) in [6, 6.07) is 16.2. The van der Waals surface area contributed by atoms with Crippen molar-refractivity contribution in [1.82, 2.24) is 4.90 Å². The average molecular weight is 426 g/mol. The first kappa shape index (κ1) is 21.3. The summed E-state index contributed by atoms with van der Waals surface area (Å²) in [6.07, 6.45) is 4.66. The van der Waals surface area contributed by atoms with Gasteiger partial charge in [-0.3, -0.25) is 0 Å². The minimum atomic E-state index is -1.19. The summed E-state index contributed by atoms with van der Waals surface area (Å²) in [5.41, 5.74) is 2.37. The number of benzene rings is 2. The summed E-state index contributed by atoms with van der Waals surface area (Å²) in [7, 11) is 0.438. The van der Waals surface area contributed by atoms with Crippen LogP contribution in [0.5, 0.6) is 5.75 Å². The highest BCUT2D eigenvalue weighted by Gasteiger charge is 2.27. The van der Waals surface area contributed by atoms with Crippen molar-refractivity contribution in [1.29, 1.82) is 0 Å². The van der Waals surface area contributed by atoms with Gasteiger partial charge in [-0.2, -0.15) is 0 Å². The summed E-state index contributed by atoms with van der Waals surface area (Å²) in [4.78, 5) is 4.24. The number of piperidine rings is 1. The molecule has 1 atom stereocenters. The van der Waals surface area contributed by atoms with Crippen molar-refractivity contribution >= 4 is 16.4 Å². The largest absolute Gasteiger partial charge is 0.497 e. The fraction of sp³-hybridized carbons (Fsp3) is 0.440. The van der Waals surface area contributed by atoms with E-state index < -0.39 is 10.8 Å². The molecule has 5 heteroatoms. The van der Waals surface area contributed by atoms with Crippen LogP contribution >= 0.6 is 0 Å². The minimum Gasteiger partial charge on any atom is -0.497 e. The molecule has 0 aliphatic carbocycles. The van der Waals surface area contributed by atoms with E-state index in [-0.39, 0.29) is 0 Å². The van der Waals surface area contributed by atoms with Gasteiger partial charge in [0.2, 0.25) is 0 Å². The molecule has 2 aromatic carbocycles. The molecule has 2 aromatic rings. The second kappa shape index (κ2) is 9.90. The third-order valence-corrected chi connectivity index (χ3v) is 7.84. The van der Waals surface area contributed by atoms with E-state index in [0.717, 1.165) is 60.2 Å². The number of likely N-dealkylation sites (tertiary alicyclic amines) is 1. The lowest BCUT2D eigenvalue weighted by atomic mass is 9.85. The number of ether oxygens (including phenoxy) is 2. The van der Waals surface area contributed by atoms with Gasteiger partial charge in [-0.1, -0.05) is 18.7 Å². The lowest BCUT2D eigenvalue weighted by molar-refractivity contribution is 0.0242. The average Bonchev–Trinajstić information content (AvgIpc) is 2.84. The Morgan fingerprint density at radius 3 is 2.10 bits per heavy atom. The Bertz CT molecular complexity index is 864. The van der Waals surface area contributed by atoms with Gasteiger partial charge in [-0.25, -0.2) is 4.21 Å². The van der Waals surface area contributed by atoms with Gasteiger partial charge in [0.1, 0.15) is 5.75 Å². The molecule has 2 aliphatic rings. The van der Waals surface area contributed by atoms with Gasteiger partial charge in [0.15, 0.2) is 0 Å². The van der Waals surface area contributed by atoms with Crippen molar-refractivity contribution in [3.63, 3.8) is 0 Å². The Balaban J connectivity index is 1.35. The molecule has 160 valence electrons. The summed E-state index contributed by atoms with van der Waals surface area (Å²) >= 11 is 0. The molecular formula is C25H31NO3S. The molecule has 0 N–H and O–H groups in total. The van der Waals surface area contributed by atoms with Crippen LogP contribution in [0.15, 0.2) is 64.9 Å². The number of methoxy groups -OCH3 is 1. The quantitative estimate of drug-likeness (QED) is 0.669. The molecule has 0 spiro atoms. The molecule has 0 saturated carbocycles. The van der Waals surface area contributed by atoms with Crippen molar-refractivity contribution in [3.8, 4) is 5.75 Å². The number of allylic oxidation sites excluding steroid dienone is 1. The number of nitrogens with zero attached hydrogens (tertiary/aromatic N) is 1. The van der Waals surface area contributed by atoms with Gasteiger partial charge in [0.25, 0.3) is 0 Å². The van der Waals surface area contributed by atoms with Gasteiger partial charge in [0.05, 0.1) is 17.9 Å². The topological polar surface area (TPSA) is 38.8 Å². The van der Waals surface area contributed by atoms with Crippen LogP contribution < -0.4 is 4.74 Å². The van der Waals surface area contributed by atoms with Gasteiger partial charge < -0.3 is 14.4 Å². The monoisotopic (exact) mass is 425 g/mol. The van der Waals surface area contributed by atoms with Crippen molar-refractivity contribution < 1.29 is 13.7 Å². The second-order valence-electron chi connectivity index (χ2n) is 8.15. The fourth-order valence-corrected chi connectivity index (χ4v) is 5.57. The summed E-state index contributed by atoms with van der Waals surface area (Å²) < 4.78 is 23.5. The van der Waals surface area contributed by atoms with Crippen LogP contribution in [0, 0.1) is 5.92 Å². The van der Waals surface area contributed by atoms with Crippen molar-refractivity contribution in [3.05, 3.63) is 60.7 Å². The van der Waals surface area contributed by atoms with Crippen molar-refractivity contribution in [2.24, 2.45) is 5.92 Å². The summed E-state index contributed by atoms with van der Waals surface area (Å²) in [5, 5.41) is 0. The molecule has 30 heavy (non-hydrogen) atoms. The maximum Gasteiger partial charge on any atom is 0.118 e. The van der Waals surface area contributed by atoms with Crippen molar-refractivity contribution in [2.45, 2.75) is 41.5 Å². The lowest BCUT2D eigenvalue weighted by Gasteiger charge is -2.39. The Morgan fingerprint density at radius 1 is 0.967 bits per heavy atom. The predicted octanol–water partition coefficient (Wildman–Crippen LogP) is 4.77. The van der Waals surface area contributed by atoms with E-state index in [0.29, 0.717) is 12.0 Å². The maximum atomic E-state index is 12.8. The molecule has 0 amide bonds. The van der Waals surface area contributed by atoms with E-state index in [9.17, 15) is 4.21 Å². The Morgan fingerprint density at radius 2 is 1.53 bits per heavy atom. The third-order valence-electron chi connectivity index (χ3n) is 6.44. The second-order valence-corrected chi connectivity index (χ2v) is 9.63. The Hall–Kier alpha value is -1.95. The van der Waals surface area contributed by atoms with E-state index >= 15 is 0 Å². The lowest BCUT2D eigenvalue weighted by Crippen LogP contribution is -2.44. The highest BCUT2D eigenvalue weighted by molar-refractivity contribution is 7.85. The van der Waals surface area contributed by atoms with Gasteiger partial charge in [-0.05, 0) is 92.2 Å². The van der Waals surface area contributed by atoms with Gasteiger partial charge >= 0.3 is 0 Å². The van der Waals surface area contributed by atoms with E-state index in [1.807, 2.05) is 36.4 Å². The minimum absolute atomic E-state index is 0.527. The van der Waals surface area contributed by atoms with E-state index in [2.05, 4.69) is 23.6 Å². The first-order valence-corrected chi connectivity index (χ1v) is 12.0. The standard InChI is InChI=1S/C25H31NO3S/c1-19(21-11-15-26(16-12-21)22-13-17-29-18-14-22)20-3-7-24(8-4-20)30(27)25-9-5-23(28-2)6-10-25/h3-10,21-22H,1,11-18H2,2H3. The van der Waals surface area contributed by atoms with E-state index in [1.165, 1.54) is 18.4 Å². The Labute approximate surface area is 182 Å². The van der Waals surface area contributed by atoms with Crippen LogP contribution in [0.2, 0.25) is 0 Å². The normalized spacial score (nSPS) is 20.0. The van der Waals surface area contributed by atoms with Crippen LogP contribution in [0.1, 0.15) is 31.2 Å². The van der Waals surface area contributed by atoms with Crippen LogP contribution in [-0.4, -0.2) is 48.6 Å². The fourth-order valence-electron chi connectivity index (χ4n) is 4.53.